The summed E-state index contributed by atoms with van der Waals surface area (Å²) in [5.41, 5.74) is 7.05. The fourth-order valence-corrected chi connectivity index (χ4v) is 1.69. The van der Waals surface area contributed by atoms with Crippen molar-refractivity contribution in [3.05, 3.63) is 46.4 Å². The van der Waals surface area contributed by atoms with Crippen LogP contribution in [0.4, 0.5) is 5.69 Å². The van der Waals surface area contributed by atoms with Crippen LogP contribution in [0, 0.1) is 10.1 Å². The number of non-ortho nitro benzene ring substituents is 1. The Labute approximate surface area is 104 Å². The molecule has 18 heavy (non-hydrogen) atoms. The summed E-state index contributed by atoms with van der Waals surface area (Å²) in [4.78, 5) is 17.7. The lowest BCUT2D eigenvalue weighted by atomic mass is 10.1. The number of rotatable bonds is 5. The molecular formula is C12H14N4O2. The van der Waals surface area contributed by atoms with Crippen LogP contribution in [-0.4, -0.2) is 21.4 Å². The van der Waals surface area contributed by atoms with Gasteiger partial charge in [0.1, 0.15) is 5.82 Å². The number of nitro groups is 1. The largest absolute Gasteiger partial charge is 0.342 e. The zero-order chi connectivity index (χ0) is 13.0. The molecule has 0 fully saturated rings. The number of hydrogen-bond acceptors (Lipinski definition) is 4. The zero-order valence-corrected chi connectivity index (χ0v) is 9.80. The summed E-state index contributed by atoms with van der Waals surface area (Å²) in [6.07, 6.45) is 3.33. The Morgan fingerprint density at radius 1 is 1.44 bits per heavy atom. The fraction of sp³-hybridized carbons (Fsp3) is 0.250. The Bertz CT molecular complexity index is 551. The molecule has 0 saturated carbocycles. The summed E-state index contributed by atoms with van der Waals surface area (Å²) in [6, 6.07) is 6.47. The number of aromatic nitrogens is 2. The van der Waals surface area contributed by atoms with Crippen molar-refractivity contribution in [3.63, 3.8) is 0 Å². The number of benzene rings is 1. The molecule has 0 aliphatic carbocycles. The van der Waals surface area contributed by atoms with Gasteiger partial charge >= 0.3 is 0 Å². The first kappa shape index (κ1) is 12.3. The predicted octanol–water partition coefficient (Wildman–Crippen LogP) is 1.88. The highest BCUT2D eigenvalue weighted by atomic mass is 16.6. The molecule has 94 valence electrons. The number of imidazole rings is 1. The zero-order valence-electron chi connectivity index (χ0n) is 9.80. The minimum absolute atomic E-state index is 0.0746. The highest BCUT2D eigenvalue weighted by Crippen LogP contribution is 2.22. The Hall–Kier alpha value is -2.21. The summed E-state index contributed by atoms with van der Waals surface area (Å²) in [5.74, 6) is 0.849. The van der Waals surface area contributed by atoms with E-state index < -0.39 is 4.92 Å². The Morgan fingerprint density at radius 3 is 3.00 bits per heavy atom. The molecule has 1 aromatic carbocycles. The fourth-order valence-electron chi connectivity index (χ4n) is 1.69. The van der Waals surface area contributed by atoms with E-state index in [0.29, 0.717) is 6.54 Å². The smallest absolute Gasteiger partial charge is 0.270 e. The van der Waals surface area contributed by atoms with E-state index in [0.717, 1.165) is 29.9 Å². The van der Waals surface area contributed by atoms with Gasteiger partial charge in [-0.15, -0.1) is 0 Å². The van der Waals surface area contributed by atoms with E-state index in [1.807, 2.05) is 6.07 Å². The van der Waals surface area contributed by atoms with Crippen molar-refractivity contribution in [2.24, 2.45) is 5.73 Å². The second kappa shape index (κ2) is 5.42. The van der Waals surface area contributed by atoms with Gasteiger partial charge in [0, 0.05) is 24.1 Å². The van der Waals surface area contributed by atoms with Crippen molar-refractivity contribution in [2.75, 3.05) is 6.54 Å². The summed E-state index contributed by atoms with van der Waals surface area (Å²) in [7, 11) is 0. The van der Waals surface area contributed by atoms with E-state index in [1.54, 1.807) is 12.3 Å². The van der Waals surface area contributed by atoms with Gasteiger partial charge in [-0.3, -0.25) is 10.1 Å². The first-order chi connectivity index (χ1) is 8.70. The Balaban J connectivity index is 2.23. The lowest BCUT2D eigenvalue weighted by molar-refractivity contribution is -0.384. The third-order valence-corrected chi connectivity index (χ3v) is 2.61. The molecule has 2 rings (SSSR count). The number of aryl methyl sites for hydroxylation is 1. The second-order valence-corrected chi connectivity index (χ2v) is 3.94. The summed E-state index contributed by atoms with van der Waals surface area (Å²) >= 11 is 0. The number of nitrogens with zero attached hydrogens (tertiary/aromatic N) is 2. The van der Waals surface area contributed by atoms with Crippen LogP contribution in [0.3, 0.4) is 0 Å². The molecule has 3 N–H and O–H groups in total. The van der Waals surface area contributed by atoms with Gasteiger partial charge in [-0.1, -0.05) is 12.1 Å². The first-order valence-corrected chi connectivity index (χ1v) is 5.69. The molecule has 0 spiro atoms. The van der Waals surface area contributed by atoms with Gasteiger partial charge in [0.15, 0.2) is 0 Å². The highest BCUT2D eigenvalue weighted by molar-refractivity contribution is 5.61. The molecule has 1 aromatic heterocycles. The maximum absolute atomic E-state index is 10.7. The maximum Gasteiger partial charge on any atom is 0.270 e. The van der Waals surface area contributed by atoms with Crippen LogP contribution in [0.2, 0.25) is 0 Å². The van der Waals surface area contributed by atoms with Crippen molar-refractivity contribution in [1.82, 2.24) is 9.97 Å². The van der Waals surface area contributed by atoms with Gasteiger partial charge < -0.3 is 10.7 Å². The molecule has 0 bridgehead atoms. The standard InChI is InChI=1S/C12H14N4O2/c13-6-2-5-12-14-8-11(15-12)9-3-1-4-10(7-9)16(17)18/h1,3-4,7-8H,2,5-6,13H2,(H,14,15). The van der Waals surface area contributed by atoms with E-state index in [-0.39, 0.29) is 5.69 Å². The third-order valence-electron chi connectivity index (χ3n) is 2.61. The molecule has 0 unspecified atom stereocenters. The lowest BCUT2D eigenvalue weighted by Crippen LogP contribution is -2.01. The molecule has 0 aliphatic heterocycles. The van der Waals surface area contributed by atoms with Gasteiger partial charge in [-0.05, 0) is 13.0 Å². The van der Waals surface area contributed by atoms with Crippen LogP contribution in [0.5, 0.6) is 0 Å². The first-order valence-electron chi connectivity index (χ1n) is 5.69. The van der Waals surface area contributed by atoms with Crippen molar-refractivity contribution in [1.29, 1.82) is 0 Å². The number of nitro benzene ring substituents is 1. The van der Waals surface area contributed by atoms with Gasteiger partial charge in [0.25, 0.3) is 5.69 Å². The van der Waals surface area contributed by atoms with E-state index in [4.69, 9.17) is 5.73 Å². The second-order valence-electron chi connectivity index (χ2n) is 3.94. The van der Waals surface area contributed by atoms with Crippen molar-refractivity contribution in [3.8, 4) is 11.3 Å². The average Bonchev–Trinajstić information content (AvgIpc) is 2.85. The van der Waals surface area contributed by atoms with E-state index in [9.17, 15) is 10.1 Å². The van der Waals surface area contributed by atoms with Gasteiger partial charge in [0.2, 0.25) is 0 Å². The van der Waals surface area contributed by atoms with Gasteiger partial charge in [-0.2, -0.15) is 0 Å². The molecule has 1 heterocycles. The van der Waals surface area contributed by atoms with Crippen LogP contribution in [0.15, 0.2) is 30.5 Å². The molecular weight excluding hydrogens is 232 g/mol. The van der Waals surface area contributed by atoms with E-state index >= 15 is 0 Å². The molecule has 6 heteroatoms. The number of H-pyrrole nitrogens is 1. The van der Waals surface area contributed by atoms with Crippen LogP contribution >= 0.6 is 0 Å². The Morgan fingerprint density at radius 2 is 2.28 bits per heavy atom. The van der Waals surface area contributed by atoms with Crippen molar-refractivity contribution >= 4 is 5.69 Å². The predicted molar refractivity (Wildman–Crippen MR) is 68.1 cm³/mol. The molecule has 0 amide bonds. The minimum atomic E-state index is -0.408. The third kappa shape index (κ3) is 2.72. The number of aromatic amines is 1. The molecule has 0 aliphatic rings. The van der Waals surface area contributed by atoms with E-state index in [1.165, 1.54) is 12.1 Å². The quantitative estimate of drug-likeness (QED) is 0.621. The lowest BCUT2D eigenvalue weighted by Gasteiger charge is -1.98. The summed E-state index contributed by atoms with van der Waals surface area (Å²) in [6.45, 7) is 0.618. The minimum Gasteiger partial charge on any atom is -0.342 e. The normalized spacial score (nSPS) is 10.5. The maximum atomic E-state index is 10.7. The summed E-state index contributed by atoms with van der Waals surface area (Å²) in [5, 5.41) is 10.7. The van der Waals surface area contributed by atoms with Gasteiger partial charge in [0.05, 0.1) is 16.8 Å². The van der Waals surface area contributed by atoms with Crippen LogP contribution in [0.1, 0.15) is 12.2 Å². The van der Waals surface area contributed by atoms with Crippen molar-refractivity contribution < 1.29 is 4.92 Å². The molecule has 0 radical (unpaired) electrons. The molecule has 2 aromatic rings. The van der Waals surface area contributed by atoms with Gasteiger partial charge in [-0.25, -0.2) is 4.98 Å². The van der Waals surface area contributed by atoms with E-state index in [2.05, 4.69) is 9.97 Å². The highest BCUT2D eigenvalue weighted by Gasteiger charge is 2.08. The average molecular weight is 246 g/mol. The topological polar surface area (TPSA) is 97.8 Å². The monoisotopic (exact) mass is 246 g/mol. The number of nitrogens with two attached hydrogens (primary N) is 1. The SMILES string of the molecule is NCCCc1ncc(-c2cccc([N+](=O)[O-])c2)[nH]1. The molecule has 0 atom stereocenters. The summed E-state index contributed by atoms with van der Waals surface area (Å²) < 4.78 is 0. The molecule has 6 nitrogen and oxygen atoms in total. The van der Waals surface area contributed by atoms with Crippen LogP contribution in [0.25, 0.3) is 11.3 Å². The number of nitrogens with one attached hydrogen (secondary N) is 1. The van der Waals surface area contributed by atoms with Crippen LogP contribution < -0.4 is 5.73 Å². The van der Waals surface area contributed by atoms with Crippen LogP contribution in [-0.2, 0) is 6.42 Å². The number of hydrogen-bond donors (Lipinski definition) is 2. The molecule has 0 saturated heterocycles. The van der Waals surface area contributed by atoms with Crippen molar-refractivity contribution in [2.45, 2.75) is 12.8 Å². The Kier molecular flexibility index (Phi) is 3.69.